The quantitative estimate of drug-likeness (QED) is 0.152. The first-order valence-corrected chi connectivity index (χ1v) is 19.8. The zero-order valence-electron chi connectivity index (χ0n) is 31.9. The van der Waals surface area contributed by atoms with E-state index in [1.807, 2.05) is 48.5 Å². The highest BCUT2D eigenvalue weighted by Crippen LogP contribution is 2.37. The minimum atomic E-state index is 0.684. The van der Waals surface area contributed by atoms with E-state index >= 15 is 0 Å². The number of aromatic nitrogens is 5. The lowest BCUT2D eigenvalue weighted by atomic mass is 9.98. The molecule has 59 heavy (non-hydrogen) atoms. The minimum Gasteiger partial charge on any atom is -0.306 e. The third-order valence-corrected chi connectivity index (χ3v) is 11.1. The van der Waals surface area contributed by atoms with Gasteiger partial charge in [-0.25, -0.2) is 19.9 Å². The number of benzene rings is 7. The van der Waals surface area contributed by atoms with Crippen molar-refractivity contribution < 1.29 is 0 Å². The zero-order valence-corrected chi connectivity index (χ0v) is 31.9. The molecule has 0 aliphatic carbocycles. The summed E-state index contributed by atoms with van der Waals surface area (Å²) >= 11 is 0. The van der Waals surface area contributed by atoms with Crippen molar-refractivity contribution in [1.29, 1.82) is 0 Å². The zero-order chi connectivity index (χ0) is 39.1. The van der Waals surface area contributed by atoms with E-state index in [1.54, 1.807) is 0 Å². The van der Waals surface area contributed by atoms with Gasteiger partial charge < -0.3 is 4.40 Å². The fourth-order valence-corrected chi connectivity index (χ4v) is 8.02. The number of para-hydroxylation sites is 1. The lowest BCUT2D eigenvalue weighted by molar-refractivity contribution is 1.18. The Hall–Kier alpha value is -8.02. The van der Waals surface area contributed by atoms with Crippen molar-refractivity contribution >= 4 is 27.3 Å². The maximum Gasteiger partial charge on any atom is 0.160 e. The summed E-state index contributed by atoms with van der Waals surface area (Å²) in [6, 6.07) is 69.6. The number of nitrogens with zero attached hydrogens (tertiary/aromatic N) is 5. The second-order valence-corrected chi connectivity index (χ2v) is 14.7. The van der Waals surface area contributed by atoms with Gasteiger partial charge in [0.2, 0.25) is 0 Å². The van der Waals surface area contributed by atoms with Crippen LogP contribution in [0, 0.1) is 0 Å². The third kappa shape index (κ3) is 6.41. The summed E-state index contributed by atoms with van der Waals surface area (Å²) < 4.78 is 2.12. The minimum absolute atomic E-state index is 0.684. The molecule has 5 heteroatoms. The molecule has 11 aromatic rings. The van der Waals surface area contributed by atoms with Crippen molar-refractivity contribution in [3.8, 4) is 78.7 Å². The van der Waals surface area contributed by atoms with Crippen molar-refractivity contribution in [2.45, 2.75) is 0 Å². The molecule has 0 saturated heterocycles. The lowest BCUT2D eigenvalue weighted by Crippen LogP contribution is -1.96. The van der Waals surface area contributed by atoms with E-state index in [0.717, 1.165) is 83.5 Å². The average Bonchev–Trinajstić information content (AvgIpc) is 3.77. The Bertz CT molecular complexity index is 3270. The maximum atomic E-state index is 5.24. The van der Waals surface area contributed by atoms with Crippen LogP contribution in [-0.2, 0) is 0 Å². The molecule has 0 aliphatic heterocycles. The van der Waals surface area contributed by atoms with Gasteiger partial charge in [-0.15, -0.1) is 0 Å². The second-order valence-electron chi connectivity index (χ2n) is 14.7. The third-order valence-electron chi connectivity index (χ3n) is 11.1. The molecule has 0 fully saturated rings. The summed E-state index contributed by atoms with van der Waals surface area (Å²) in [6.07, 6.45) is 4.19. The van der Waals surface area contributed by atoms with Gasteiger partial charge in [0.05, 0.1) is 28.3 Å². The van der Waals surface area contributed by atoms with E-state index in [4.69, 9.17) is 19.9 Å². The van der Waals surface area contributed by atoms with Gasteiger partial charge >= 0.3 is 0 Å². The monoisotopic (exact) mass is 753 g/mol. The van der Waals surface area contributed by atoms with Crippen LogP contribution in [0.25, 0.3) is 106 Å². The van der Waals surface area contributed by atoms with Gasteiger partial charge in [-0.05, 0) is 40.5 Å². The van der Waals surface area contributed by atoms with Gasteiger partial charge in [0, 0.05) is 56.4 Å². The largest absolute Gasteiger partial charge is 0.306 e. The SMILES string of the molecule is c1ccc(-c2ccc(-c3ccc(-c4cc(-c5ccc(-c6nc7ccccc7c7c6ccn6cc(-c8ccccc8)nc76)cc5)nc(-c5ccccc5)n4)cc3)cc2)cc1. The number of fused-ring (bicyclic) bond motifs is 5. The number of pyridine rings is 2. The average molecular weight is 754 g/mol. The van der Waals surface area contributed by atoms with Gasteiger partial charge in [-0.2, -0.15) is 0 Å². The first-order valence-electron chi connectivity index (χ1n) is 19.8. The van der Waals surface area contributed by atoms with E-state index < -0.39 is 0 Å². The second kappa shape index (κ2) is 14.5. The van der Waals surface area contributed by atoms with Crippen LogP contribution in [0.5, 0.6) is 0 Å². The van der Waals surface area contributed by atoms with Crippen LogP contribution in [0.1, 0.15) is 0 Å². The molecule has 0 saturated carbocycles. The molecule has 0 unspecified atom stereocenters. The number of rotatable bonds is 7. The van der Waals surface area contributed by atoms with Gasteiger partial charge in [-0.1, -0.05) is 182 Å². The van der Waals surface area contributed by atoms with Crippen LogP contribution in [0.4, 0.5) is 0 Å². The van der Waals surface area contributed by atoms with Crippen LogP contribution in [0.3, 0.4) is 0 Å². The smallest absolute Gasteiger partial charge is 0.160 e. The Balaban J connectivity index is 0.967. The molecule has 276 valence electrons. The molecule has 0 N–H and O–H groups in total. The summed E-state index contributed by atoms with van der Waals surface area (Å²) in [5, 5.41) is 3.22. The molecular weight excluding hydrogens is 719 g/mol. The van der Waals surface area contributed by atoms with Crippen molar-refractivity contribution in [3.05, 3.63) is 213 Å². The molecule has 0 bridgehead atoms. The summed E-state index contributed by atoms with van der Waals surface area (Å²) in [5.41, 5.74) is 15.3. The molecule has 0 atom stereocenters. The van der Waals surface area contributed by atoms with Crippen LogP contribution in [0.15, 0.2) is 213 Å². The van der Waals surface area contributed by atoms with E-state index in [-0.39, 0.29) is 0 Å². The van der Waals surface area contributed by atoms with E-state index in [2.05, 4.69) is 168 Å². The normalized spacial score (nSPS) is 11.4. The van der Waals surface area contributed by atoms with Crippen molar-refractivity contribution in [3.63, 3.8) is 0 Å². The highest BCUT2D eigenvalue weighted by atomic mass is 15.0. The summed E-state index contributed by atoms with van der Waals surface area (Å²) in [7, 11) is 0. The molecule has 0 spiro atoms. The Kier molecular flexibility index (Phi) is 8.41. The fraction of sp³-hybridized carbons (Fsp3) is 0. The van der Waals surface area contributed by atoms with Gasteiger partial charge in [-0.3, -0.25) is 0 Å². The number of hydrogen-bond acceptors (Lipinski definition) is 4. The van der Waals surface area contributed by atoms with Crippen LogP contribution >= 0.6 is 0 Å². The Morgan fingerprint density at radius 3 is 1.37 bits per heavy atom. The maximum absolute atomic E-state index is 5.24. The van der Waals surface area contributed by atoms with Gasteiger partial charge in [0.25, 0.3) is 0 Å². The molecule has 0 aliphatic rings. The van der Waals surface area contributed by atoms with Crippen molar-refractivity contribution in [2.24, 2.45) is 0 Å². The van der Waals surface area contributed by atoms with Gasteiger partial charge in [0.1, 0.15) is 5.65 Å². The molecule has 11 rings (SSSR count). The number of hydrogen-bond donors (Lipinski definition) is 0. The Morgan fingerprint density at radius 2 is 0.780 bits per heavy atom. The molecule has 0 amide bonds. The molecule has 7 aromatic carbocycles. The number of imidazole rings is 1. The van der Waals surface area contributed by atoms with E-state index in [9.17, 15) is 0 Å². The Morgan fingerprint density at radius 1 is 0.322 bits per heavy atom. The van der Waals surface area contributed by atoms with E-state index in [0.29, 0.717) is 5.82 Å². The standard InChI is InChI=1S/C54H35N5/c1-4-12-36(13-5-1)37-20-22-38(23-21-37)39-24-26-41(27-25-39)48-34-49(57-53(56-48)44-16-8-3-9-17-44)42-28-30-43(31-29-42)52-46-32-33-59-35-50(40-14-6-2-7-15-40)58-54(59)51(46)45-18-10-11-19-47(45)55-52/h1-35H. The highest BCUT2D eigenvalue weighted by molar-refractivity contribution is 6.16. The molecule has 0 radical (unpaired) electrons. The highest BCUT2D eigenvalue weighted by Gasteiger charge is 2.17. The topological polar surface area (TPSA) is 56.0 Å². The molecule has 4 aromatic heterocycles. The predicted octanol–water partition coefficient (Wildman–Crippen LogP) is 13.5. The summed E-state index contributed by atoms with van der Waals surface area (Å²) in [4.78, 5) is 20.6. The van der Waals surface area contributed by atoms with Crippen LogP contribution in [0.2, 0.25) is 0 Å². The molecule has 5 nitrogen and oxygen atoms in total. The van der Waals surface area contributed by atoms with Crippen molar-refractivity contribution in [1.82, 2.24) is 24.3 Å². The van der Waals surface area contributed by atoms with Crippen molar-refractivity contribution in [2.75, 3.05) is 0 Å². The Labute approximate surface area is 341 Å². The first kappa shape index (κ1) is 34.2. The molecular formula is C54H35N5. The van der Waals surface area contributed by atoms with E-state index in [1.165, 1.54) is 16.7 Å². The first-order chi connectivity index (χ1) is 29.2. The fourth-order valence-electron chi connectivity index (χ4n) is 8.02. The lowest BCUT2D eigenvalue weighted by Gasteiger charge is -2.12. The predicted molar refractivity (Wildman–Crippen MR) is 242 cm³/mol. The molecule has 4 heterocycles. The van der Waals surface area contributed by atoms with Crippen LogP contribution in [-0.4, -0.2) is 24.3 Å². The summed E-state index contributed by atoms with van der Waals surface area (Å²) in [6.45, 7) is 0. The van der Waals surface area contributed by atoms with Crippen LogP contribution < -0.4 is 0 Å². The van der Waals surface area contributed by atoms with Gasteiger partial charge in [0.15, 0.2) is 5.82 Å². The summed E-state index contributed by atoms with van der Waals surface area (Å²) in [5.74, 6) is 0.684.